The average molecular weight is 271 g/mol. The summed E-state index contributed by atoms with van der Waals surface area (Å²) in [6.45, 7) is 0.943. The number of amides is 1. The number of piperidine rings is 1. The maximum atomic E-state index is 11.8. The Kier molecular flexibility index (Phi) is 4.06. The van der Waals surface area contributed by atoms with Crippen LogP contribution in [0.25, 0.3) is 0 Å². The Morgan fingerprint density at radius 2 is 2.12 bits per heavy atom. The molecule has 0 radical (unpaired) electrons. The molecule has 1 aromatic rings. The first-order valence-corrected chi connectivity index (χ1v) is 7.58. The molecule has 1 aliphatic rings. The molecule has 2 rings (SSSR count). The van der Waals surface area contributed by atoms with Gasteiger partial charge in [-0.2, -0.15) is 0 Å². The standard InChI is InChI=1S/C11H13NO3S2/c13-9-3-5-12(6-4-9)10(14)8-17(15)11-2-1-7-16-11/h1-2,7H,3-6,8H2. The van der Waals surface area contributed by atoms with Crippen LogP contribution >= 0.6 is 11.3 Å². The van der Waals surface area contributed by atoms with Crippen molar-refractivity contribution >= 4 is 33.8 Å². The van der Waals surface area contributed by atoms with E-state index in [0.717, 1.165) is 4.21 Å². The maximum absolute atomic E-state index is 11.8. The van der Waals surface area contributed by atoms with Gasteiger partial charge < -0.3 is 4.90 Å². The topological polar surface area (TPSA) is 54.5 Å². The number of carbonyl (C=O) groups is 2. The Morgan fingerprint density at radius 1 is 1.41 bits per heavy atom. The number of rotatable bonds is 3. The fraction of sp³-hybridized carbons (Fsp3) is 0.455. The van der Waals surface area contributed by atoms with E-state index in [0.29, 0.717) is 25.9 Å². The number of carbonyl (C=O) groups excluding carboxylic acids is 2. The van der Waals surface area contributed by atoms with Gasteiger partial charge in [-0.3, -0.25) is 13.8 Å². The molecule has 1 fully saturated rings. The fourth-order valence-electron chi connectivity index (χ4n) is 1.67. The molecular formula is C11H13NO3S2. The van der Waals surface area contributed by atoms with Crippen molar-refractivity contribution in [1.82, 2.24) is 4.90 Å². The molecule has 0 spiro atoms. The number of likely N-dealkylation sites (tertiary alicyclic amines) is 1. The number of Topliss-reactive ketones (excluding diaryl/α,β-unsaturated/α-hetero) is 1. The van der Waals surface area contributed by atoms with Crippen LogP contribution in [0.1, 0.15) is 12.8 Å². The predicted molar refractivity (Wildman–Crippen MR) is 66.4 cm³/mol. The smallest absolute Gasteiger partial charge is 0.235 e. The van der Waals surface area contributed by atoms with Gasteiger partial charge in [0, 0.05) is 25.9 Å². The molecule has 6 heteroatoms. The third-order valence-corrected chi connectivity index (χ3v) is 5.25. The molecule has 4 nitrogen and oxygen atoms in total. The van der Waals surface area contributed by atoms with Crippen LogP contribution in [-0.4, -0.2) is 39.6 Å². The SMILES string of the molecule is O=C1CCN(C(=O)CS(=O)c2cccs2)CC1. The van der Waals surface area contributed by atoms with E-state index in [2.05, 4.69) is 0 Å². The monoisotopic (exact) mass is 271 g/mol. The molecule has 1 atom stereocenters. The molecule has 1 amide bonds. The summed E-state index contributed by atoms with van der Waals surface area (Å²) in [6.07, 6.45) is 0.856. The van der Waals surface area contributed by atoms with E-state index in [1.807, 2.05) is 11.4 Å². The van der Waals surface area contributed by atoms with E-state index in [-0.39, 0.29) is 17.4 Å². The first kappa shape index (κ1) is 12.4. The van der Waals surface area contributed by atoms with Crippen LogP contribution in [0.3, 0.4) is 0 Å². The van der Waals surface area contributed by atoms with Crippen LogP contribution in [0, 0.1) is 0 Å². The molecule has 1 saturated heterocycles. The molecule has 0 saturated carbocycles. The Morgan fingerprint density at radius 3 is 2.71 bits per heavy atom. The number of hydrogen-bond acceptors (Lipinski definition) is 4. The van der Waals surface area contributed by atoms with Crippen molar-refractivity contribution in [3.8, 4) is 0 Å². The number of ketones is 1. The van der Waals surface area contributed by atoms with Crippen molar-refractivity contribution in [2.45, 2.75) is 17.1 Å². The lowest BCUT2D eigenvalue weighted by Gasteiger charge is -2.25. The zero-order chi connectivity index (χ0) is 12.3. The van der Waals surface area contributed by atoms with Crippen LogP contribution in [0.4, 0.5) is 0 Å². The predicted octanol–water partition coefficient (Wildman–Crippen LogP) is 1.05. The molecule has 2 heterocycles. The Bertz CT molecular complexity index is 432. The minimum absolute atomic E-state index is 0.0225. The molecule has 0 bridgehead atoms. The van der Waals surface area contributed by atoms with Crippen molar-refractivity contribution < 1.29 is 13.8 Å². The van der Waals surface area contributed by atoms with Crippen LogP contribution < -0.4 is 0 Å². The quantitative estimate of drug-likeness (QED) is 0.825. The molecule has 92 valence electrons. The first-order valence-electron chi connectivity index (χ1n) is 5.38. The van der Waals surface area contributed by atoms with Gasteiger partial charge in [0.1, 0.15) is 11.5 Å². The van der Waals surface area contributed by atoms with Crippen LogP contribution in [0.5, 0.6) is 0 Å². The van der Waals surface area contributed by atoms with Crippen LogP contribution in [0.15, 0.2) is 21.7 Å². The van der Waals surface area contributed by atoms with Gasteiger partial charge in [0.05, 0.1) is 15.0 Å². The van der Waals surface area contributed by atoms with Crippen LogP contribution in [0.2, 0.25) is 0 Å². The zero-order valence-electron chi connectivity index (χ0n) is 9.26. The normalized spacial score (nSPS) is 18.1. The molecule has 0 N–H and O–H groups in total. The first-order chi connectivity index (χ1) is 8.16. The van der Waals surface area contributed by atoms with Gasteiger partial charge in [-0.05, 0) is 11.4 Å². The number of nitrogens with zero attached hydrogens (tertiary/aromatic N) is 1. The highest BCUT2D eigenvalue weighted by Crippen LogP contribution is 2.15. The van der Waals surface area contributed by atoms with Gasteiger partial charge >= 0.3 is 0 Å². The zero-order valence-corrected chi connectivity index (χ0v) is 10.9. The molecule has 17 heavy (non-hydrogen) atoms. The van der Waals surface area contributed by atoms with Gasteiger partial charge in [0.2, 0.25) is 5.91 Å². The second-order valence-corrected chi connectivity index (χ2v) is 6.47. The van der Waals surface area contributed by atoms with Gasteiger partial charge in [0.15, 0.2) is 0 Å². The van der Waals surface area contributed by atoms with E-state index in [1.54, 1.807) is 11.0 Å². The summed E-state index contributed by atoms with van der Waals surface area (Å²) in [4.78, 5) is 24.5. The maximum Gasteiger partial charge on any atom is 0.235 e. The van der Waals surface area contributed by atoms with E-state index in [1.165, 1.54) is 11.3 Å². The summed E-state index contributed by atoms with van der Waals surface area (Å²) in [5, 5.41) is 1.84. The minimum atomic E-state index is -1.25. The largest absolute Gasteiger partial charge is 0.341 e. The Labute approximate surface area is 106 Å². The summed E-state index contributed by atoms with van der Waals surface area (Å²) in [5.41, 5.74) is 0. The molecule has 1 aromatic heterocycles. The second kappa shape index (κ2) is 5.55. The molecule has 0 aliphatic carbocycles. The van der Waals surface area contributed by atoms with Crippen molar-refractivity contribution in [2.24, 2.45) is 0 Å². The van der Waals surface area contributed by atoms with E-state index in [4.69, 9.17) is 0 Å². The summed E-state index contributed by atoms with van der Waals surface area (Å²) in [5.74, 6) is 0.104. The highest BCUT2D eigenvalue weighted by atomic mass is 32.2. The van der Waals surface area contributed by atoms with E-state index in [9.17, 15) is 13.8 Å². The van der Waals surface area contributed by atoms with E-state index < -0.39 is 10.8 Å². The van der Waals surface area contributed by atoms with Crippen molar-refractivity contribution in [1.29, 1.82) is 0 Å². The summed E-state index contributed by atoms with van der Waals surface area (Å²) in [6, 6.07) is 3.59. The average Bonchev–Trinajstić information content (AvgIpc) is 2.83. The lowest BCUT2D eigenvalue weighted by atomic mass is 10.1. The Balaban J connectivity index is 1.89. The highest BCUT2D eigenvalue weighted by Gasteiger charge is 2.22. The molecular weight excluding hydrogens is 258 g/mol. The van der Waals surface area contributed by atoms with Gasteiger partial charge in [-0.25, -0.2) is 0 Å². The molecule has 1 unspecified atom stereocenters. The number of hydrogen-bond donors (Lipinski definition) is 0. The number of thiophene rings is 1. The second-order valence-electron chi connectivity index (χ2n) is 3.84. The van der Waals surface area contributed by atoms with Crippen molar-refractivity contribution in [3.05, 3.63) is 17.5 Å². The van der Waals surface area contributed by atoms with Crippen molar-refractivity contribution in [3.63, 3.8) is 0 Å². The lowest BCUT2D eigenvalue weighted by molar-refractivity contribution is -0.132. The third kappa shape index (κ3) is 3.23. The molecule has 1 aliphatic heterocycles. The summed E-state index contributed by atoms with van der Waals surface area (Å²) in [7, 11) is -1.25. The van der Waals surface area contributed by atoms with Crippen LogP contribution in [-0.2, 0) is 20.4 Å². The van der Waals surface area contributed by atoms with Gasteiger partial charge in [0.25, 0.3) is 0 Å². The Hall–Kier alpha value is -1.01. The summed E-state index contributed by atoms with van der Waals surface area (Å²) < 4.78 is 12.6. The lowest BCUT2D eigenvalue weighted by Crippen LogP contribution is -2.40. The minimum Gasteiger partial charge on any atom is -0.341 e. The fourth-order valence-corrected chi connectivity index (χ4v) is 3.67. The summed E-state index contributed by atoms with van der Waals surface area (Å²) >= 11 is 1.40. The van der Waals surface area contributed by atoms with Gasteiger partial charge in [-0.15, -0.1) is 11.3 Å². The van der Waals surface area contributed by atoms with Gasteiger partial charge in [-0.1, -0.05) is 6.07 Å². The molecule has 0 aromatic carbocycles. The van der Waals surface area contributed by atoms with Crippen molar-refractivity contribution in [2.75, 3.05) is 18.8 Å². The third-order valence-electron chi connectivity index (χ3n) is 2.65. The van der Waals surface area contributed by atoms with E-state index >= 15 is 0 Å². The highest BCUT2D eigenvalue weighted by molar-refractivity contribution is 7.88.